The summed E-state index contributed by atoms with van der Waals surface area (Å²) >= 11 is 0. The first-order chi connectivity index (χ1) is 15.1. The number of pyridine rings is 1. The van der Waals surface area contributed by atoms with Gasteiger partial charge >= 0.3 is 0 Å². The van der Waals surface area contributed by atoms with Crippen molar-refractivity contribution in [3.8, 4) is 22.6 Å². The van der Waals surface area contributed by atoms with Crippen molar-refractivity contribution >= 4 is 0 Å². The number of rotatable bonds is 9. The van der Waals surface area contributed by atoms with Crippen molar-refractivity contribution in [2.24, 2.45) is 11.8 Å². The van der Waals surface area contributed by atoms with E-state index in [1.807, 2.05) is 23.1 Å². The van der Waals surface area contributed by atoms with Crippen molar-refractivity contribution in [1.29, 1.82) is 0 Å². The number of nitrogens with one attached hydrogen (secondary N) is 1. The van der Waals surface area contributed by atoms with Crippen LogP contribution in [-0.4, -0.2) is 40.4 Å². The van der Waals surface area contributed by atoms with Gasteiger partial charge in [0.2, 0.25) is 5.82 Å². The van der Waals surface area contributed by atoms with Gasteiger partial charge in [-0.05, 0) is 41.2 Å². The van der Waals surface area contributed by atoms with Crippen LogP contribution in [0.4, 0.5) is 0 Å². The van der Waals surface area contributed by atoms with Gasteiger partial charge in [0.05, 0.1) is 12.2 Å². The Balaban J connectivity index is 1.43. The molecule has 0 aliphatic carbocycles. The molecule has 0 bridgehead atoms. The van der Waals surface area contributed by atoms with Crippen LogP contribution in [-0.2, 0) is 13.0 Å². The fourth-order valence-electron chi connectivity index (χ4n) is 3.89. The first kappa shape index (κ1) is 20.8. The molecule has 4 rings (SSSR count). The Hall–Kier alpha value is -3.42. The monoisotopic (exact) mass is 416 g/mol. The maximum atomic E-state index is 4.67. The molecule has 8 nitrogen and oxygen atoms in total. The van der Waals surface area contributed by atoms with Crippen LogP contribution in [0.3, 0.4) is 0 Å². The van der Waals surface area contributed by atoms with Crippen molar-refractivity contribution in [3.63, 3.8) is 0 Å². The highest BCUT2D eigenvalue weighted by atomic mass is 15.5. The minimum atomic E-state index is 0.533. The summed E-state index contributed by atoms with van der Waals surface area (Å²) in [5, 5.41) is 19.0. The molecule has 1 atom stereocenters. The first-order valence-electron chi connectivity index (χ1n) is 10.8. The van der Waals surface area contributed by atoms with Crippen LogP contribution < -0.4 is 0 Å². The fourth-order valence-corrected chi connectivity index (χ4v) is 3.89. The summed E-state index contributed by atoms with van der Waals surface area (Å²) < 4.78 is 1.91. The van der Waals surface area contributed by atoms with Gasteiger partial charge in [-0.1, -0.05) is 51.5 Å². The van der Waals surface area contributed by atoms with E-state index in [-0.39, 0.29) is 0 Å². The van der Waals surface area contributed by atoms with Gasteiger partial charge in [-0.3, -0.25) is 4.98 Å². The average Bonchev–Trinajstić information content (AvgIpc) is 3.47. The quantitative estimate of drug-likeness (QED) is 0.439. The van der Waals surface area contributed by atoms with Crippen LogP contribution in [0.2, 0.25) is 0 Å². The number of tetrazole rings is 1. The van der Waals surface area contributed by atoms with Crippen LogP contribution >= 0.6 is 0 Å². The molecule has 0 radical (unpaired) electrons. The average molecular weight is 417 g/mol. The molecule has 160 valence electrons. The van der Waals surface area contributed by atoms with Crippen LogP contribution in [0.5, 0.6) is 0 Å². The predicted molar refractivity (Wildman–Crippen MR) is 119 cm³/mol. The van der Waals surface area contributed by atoms with Gasteiger partial charge < -0.3 is 0 Å². The Bertz CT molecular complexity index is 1080. The van der Waals surface area contributed by atoms with E-state index in [4.69, 9.17) is 0 Å². The summed E-state index contributed by atoms with van der Waals surface area (Å²) in [5.74, 6) is 2.88. The number of hydrogen-bond donors (Lipinski definition) is 1. The summed E-state index contributed by atoms with van der Waals surface area (Å²) in [6.07, 6.45) is 6.87. The molecule has 1 aromatic carbocycles. The number of benzene rings is 1. The lowest BCUT2D eigenvalue weighted by molar-refractivity contribution is 0.346. The van der Waals surface area contributed by atoms with Gasteiger partial charge in [-0.25, -0.2) is 9.67 Å². The molecule has 0 aliphatic rings. The summed E-state index contributed by atoms with van der Waals surface area (Å²) in [4.78, 5) is 9.03. The molecule has 0 saturated heterocycles. The summed E-state index contributed by atoms with van der Waals surface area (Å²) in [7, 11) is 0. The Labute approximate surface area is 182 Å². The van der Waals surface area contributed by atoms with Gasteiger partial charge in [0.15, 0.2) is 5.82 Å². The highest BCUT2D eigenvalue weighted by Gasteiger charge is 2.14. The van der Waals surface area contributed by atoms with E-state index in [0.29, 0.717) is 18.3 Å². The Morgan fingerprint density at radius 3 is 2.61 bits per heavy atom. The molecule has 0 spiro atoms. The number of H-pyrrole nitrogens is 1. The Morgan fingerprint density at radius 1 is 1.06 bits per heavy atom. The van der Waals surface area contributed by atoms with Gasteiger partial charge in [-0.2, -0.15) is 10.3 Å². The Kier molecular flexibility index (Phi) is 6.45. The summed E-state index contributed by atoms with van der Waals surface area (Å²) in [6, 6.07) is 12.1. The highest BCUT2D eigenvalue weighted by molar-refractivity contribution is 5.76. The fraction of sp³-hybridized carbons (Fsp3) is 0.391. The topological polar surface area (TPSA) is 98.1 Å². The molecule has 0 fully saturated rings. The van der Waals surface area contributed by atoms with E-state index >= 15 is 0 Å². The van der Waals surface area contributed by atoms with Gasteiger partial charge in [0.1, 0.15) is 6.33 Å². The SMILES string of the molecule is CCC(CCc1ncn(Cc2ccc(-c3ncccc3-c3nn[nH]n3)cc2)n1)C(C)C. The molecule has 0 amide bonds. The summed E-state index contributed by atoms with van der Waals surface area (Å²) in [5.41, 5.74) is 3.83. The molecule has 3 aromatic heterocycles. The van der Waals surface area contributed by atoms with Crippen molar-refractivity contribution in [3.05, 3.63) is 60.3 Å². The zero-order valence-electron chi connectivity index (χ0n) is 18.2. The second-order valence-corrected chi connectivity index (χ2v) is 8.14. The third kappa shape index (κ3) is 5.02. The number of hydrogen-bond acceptors (Lipinski definition) is 6. The molecule has 4 aromatic rings. The molecule has 8 heteroatoms. The summed E-state index contributed by atoms with van der Waals surface area (Å²) in [6.45, 7) is 7.53. The van der Waals surface area contributed by atoms with Crippen molar-refractivity contribution < 1.29 is 0 Å². The molecular weight excluding hydrogens is 388 g/mol. The lowest BCUT2D eigenvalue weighted by Crippen LogP contribution is -2.09. The molecule has 1 unspecified atom stereocenters. The normalized spacial score (nSPS) is 12.4. The maximum absolute atomic E-state index is 4.67. The molecule has 31 heavy (non-hydrogen) atoms. The van der Waals surface area contributed by atoms with E-state index in [9.17, 15) is 0 Å². The second-order valence-electron chi connectivity index (χ2n) is 8.14. The van der Waals surface area contributed by atoms with E-state index in [1.54, 1.807) is 6.20 Å². The molecule has 3 heterocycles. The molecular formula is C23H28N8. The zero-order chi connectivity index (χ0) is 21.6. The minimum absolute atomic E-state index is 0.533. The zero-order valence-corrected chi connectivity index (χ0v) is 18.2. The molecule has 0 saturated carbocycles. The largest absolute Gasteiger partial charge is 0.255 e. The Morgan fingerprint density at radius 2 is 1.90 bits per heavy atom. The number of aromatic nitrogens is 8. The highest BCUT2D eigenvalue weighted by Crippen LogP contribution is 2.27. The van der Waals surface area contributed by atoms with Crippen LogP contribution in [0.25, 0.3) is 22.6 Å². The third-order valence-corrected chi connectivity index (χ3v) is 5.76. The van der Waals surface area contributed by atoms with E-state index in [0.717, 1.165) is 47.0 Å². The van der Waals surface area contributed by atoms with Crippen LogP contribution in [0.1, 0.15) is 45.0 Å². The van der Waals surface area contributed by atoms with Gasteiger partial charge in [0.25, 0.3) is 0 Å². The number of nitrogens with zero attached hydrogens (tertiary/aromatic N) is 7. The third-order valence-electron chi connectivity index (χ3n) is 5.76. The van der Waals surface area contributed by atoms with Crippen LogP contribution in [0.15, 0.2) is 48.9 Å². The minimum Gasteiger partial charge on any atom is -0.255 e. The lowest BCUT2D eigenvalue weighted by Gasteiger charge is -2.17. The van der Waals surface area contributed by atoms with E-state index in [2.05, 4.69) is 80.7 Å². The number of aromatic amines is 1. The van der Waals surface area contributed by atoms with Gasteiger partial charge in [-0.15, -0.1) is 10.2 Å². The maximum Gasteiger partial charge on any atom is 0.206 e. The van der Waals surface area contributed by atoms with E-state index in [1.165, 1.54) is 6.42 Å². The first-order valence-corrected chi connectivity index (χ1v) is 10.8. The van der Waals surface area contributed by atoms with Crippen molar-refractivity contribution in [2.45, 2.75) is 46.6 Å². The molecule has 1 N–H and O–H groups in total. The van der Waals surface area contributed by atoms with Crippen molar-refractivity contribution in [2.75, 3.05) is 0 Å². The van der Waals surface area contributed by atoms with Crippen LogP contribution in [0, 0.1) is 11.8 Å². The molecule has 0 aliphatic heterocycles. The van der Waals surface area contributed by atoms with E-state index < -0.39 is 0 Å². The lowest BCUT2D eigenvalue weighted by atomic mass is 9.89. The number of aryl methyl sites for hydroxylation is 1. The predicted octanol–water partition coefficient (Wildman–Crippen LogP) is 4.18. The standard InChI is InChI=1S/C23H28N8/c1-4-18(16(2)3)11-12-21-25-15-31(28-21)14-17-7-9-19(10-8-17)22-20(6-5-13-24-22)23-26-29-30-27-23/h5-10,13,15-16,18H,4,11-12,14H2,1-3H3,(H,26,27,29,30). The van der Waals surface area contributed by atoms with Gasteiger partial charge in [0, 0.05) is 23.7 Å². The smallest absolute Gasteiger partial charge is 0.206 e. The second kappa shape index (κ2) is 9.59. The van der Waals surface area contributed by atoms with Crippen molar-refractivity contribution in [1.82, 2.24) is 40.4 Å².